The minimum atomic E-state index is 0.608. The summed E-state index contributed by atoms with van der Waals surface area (Å²) in [5.41, 5.74) is 7.42. The van der Waals surface area contributed by atoms with E-state index in [0.29, 0.717) is 23.9 Å². The average molecular weight is 460 g/mol. The van der Waals surface area contributed by atoms with Crippen molar-refractivity contribution in [2.45, 2.75) is 6.42 Å². The van der Waals surface area contributed by atoms with E-state index in [1.807, 2.05) is 54.6 Å². The molecule has 1 saturated heterocycles. The van der Waals surface area contributed by atoms with Crippen LogP contribution in [-0.2, 0) is 4.74 Å². The van der Waals surface area contributed by atoms with Gasteiger partial charge in [-0.05, 0) is 53.6 Å². The molecule has 5 rings (SSSR count). The number of anilines is 1. The maximum absolute atomic E-state index is 6.25. The van der Waals surface area contributed by atoms with Crippen LogP contribution < -0.4 is 19.9 Å². The van der Waals surface area contributed by atoms with Gasteiger partial charge in [-0.15, -0.1) is 0 Å². The normalized spacial score (nSPS) is 14.4. The number of nitrogens with zero attached hydrogens (tertiary/aromatic N) is 2. The Labute approximate surface area is 199 Å². The van der Waals surface area contributed by atoms with Crippen molar-refractivity contribution in [3.05, 3.63) is 60.8 Å². The molecule has 0 saturated carbocycles. The van der Waals surface area contributed by atoms with E-state index >= 15 is 0 Å². The molecule has 1 aliphatic rings. The first kappa shape index (κ1) is 22.3. The molecular weight excluding hydrogens is 430 g/mol. The fourth-order valence-electron chi connectivity index (χ4n) is 4.22. The lowest BCUT2D eigenvalue weighted by Crippen LogP contribution is -2.37. The van der Waals surface area contributed by atoms with Crippen LogP contribution in [0.25, 0.3) is 21.7 Å². The smallest absolute Gasteiger partial charge is 0.163 e. The van der Waals surface area contributed by atoms with Gasteiger partial charge in [0.15, 0.2) is 11.5 Å². The Morgan fingerprint density at radius 1 is 0.941 bits per heavy atom. The molecule has 0 spiro atoms. The zero-order chi connectivity index (χ0) is 23.3. The highest BCUT2D eigenvalue weighted by Gasteiger charge is 2.14. The second kappa shape index (κ2) is 10.2. The highest BCUT2D eigenvalue weighted by molar-refractivity contribution is 5.89. The highest BCUT2D eigenvalue weighted by atomic mass is 16.5. The van der Waals surface area contributed by atoms with Gasteiger partial charge in [0.1, 0.15) is 11.5 Å². The van der Waals surface area contributed by atoms with E-state index in [1.54, 1.807) is 13.3 Å². The molecule has 7 nitrogen and oxygen atoms in total. The number of hydrogen-bond acceptors (Lipinski definition) is 7. The van der Waals surface area contributed by atoms with E-state index in [1.165, 1.54) is 0 Å². The Morgan fingerprint density at radius 2 is 1.76 bits per heavy atom. The van der Waals surface area contributed by atoms with Crippen LogP contribution in [0.2, 0.25) is 0 Å². The molecule has 1 aliphatic heterocycles. The van der Waals surface area contributed by atoms with Crippen LogP contribution in [0.4, 0.5) is 5.69 Å². The topological polar surface area (TPSA) is 79.1 Å². The maximum atomic E-state index is 6.25. The Kier molecular flexibility index (Phi) is 6.65. The van der Waals surface area contributed by atoms with E-state index in [-0.39, 0.29) is 0 Å². The van der Waals surface area contributed by atoms with E-state index in [9.17, 15) is 0 Å². The number of nitrogens with two attached hydrogens (primary N) is 1. The molecule has 0 amide bonds. The van der Waals surface area contributed by atoms with Crippen molar-refractivity contribution in [1.82, 2.24) is 9.88 Å². The Balaban J connectivity index is 1.33. The predicted octanol–water partition coefficient (Wildman–Crippen LogP) is 4.87. The summed E-state index contributed by atoms with van der Waals surface area (Å²) in [4.78, 5) is 6.93. The third-order valence-corrected chi connectivity index (χ3v) is 6.03. The first-order chi connectivity index (χ1) is 16.7. The monoisotopic (exact) mass is 459 g/mol. The van der Waals surface area contributed by atoms with Crippen molar-refractivity contribution in [3.63, 3.8) is 0 Å². The summed E-state index contributed by atoms with van der Waals surface area (Å²) in [7, 11) is 1.65. The van der Waals surface area contributed by atoms with Gasteiger partial charge in [-0.3, -0.25) is 9.88 Å². The Hall–Kier alpha value is -3.55. The standard InChI is InChI=1S/C27H29N3O4/c1-31-26-17-23-24(18-27(26)33-12-2-9-30-10-13-32-14-11-30)29-8-7-25(23)34-22-6-4-19-15-21(28)5-3-20(19)16-22/h3-8,15-18H,2,9-14,28H2,1H3. The van der Waals surface area contributed by atoms with Crippen LogP contribution in [0.5, 0.6) is 23.0 Å². The molecule has 0 unspecified atom stereocenters. The SMILES string of the molecule is COc1cc2c(Oc3ccc4cc(N)ccc4c3)ccnc2cc1OCCCN1CCOCC1. The molecule has 2 N–H and O–H groups in total. The summed E-state index contributed by atoms with van der Waals surface area (Å²) in [6, 6.07) is 17.5. The Morgan fingerprint density at radius 3 is 2.62 bits per heavy atom. The lowest BCUT2D eigenvalue weighted by molar-refractivity contribution is 0.0357. The van der Waals surface area contributed by atoms with Crippen molar-refractivity contribution in [2.75, 3.05) is 52.3 Å². The molecule has 2 heterocycles. The van der Waals surface area contributed by atoms with E-state index in [4.69, 9.17) is 24.7 Å². The van der Waals surface area contributed by atoms with Crippen LogP contribution in [0, 0.1) is 0 Å². The molecule has 4 aromatic rings. The number of rotatable bonds is 8. The number of fused-ring (bicyclic) bond motifs is 2. The summed E-state index contributed by atoms with van der Waals surface area (Å²) in [6.45, 7) is 5.19. The zero-order valence-electron chi connectivity index (χ0n) is 19.3. The maximum Gasteiger partial charge on any atom is 0.163 e. The fraction of sp³-hybridized carbons (Fsp3) is 0.296. The van der Waals surface area contributed by atoms with Crippen LogP contribution >= 0.6 is 0 Å². The first-order valence-corrected chi connectivity index (χ1v) is 11.6. The first-order valence-electron chi connectivity index (χ1n) is 11.6. The molecule has 1 fully saturated rings. The van der Waals surface area contributed by atoms with Gasteiger partial charge in [-0.25, -0.2) is 0 Å². The second-order valence-corrected chi connectivity index (χ2v) is 8.36. The largest absolute Gasteiger partial charge is 0.493 e. The summed E-state index contributed by atoms with van der Waals surface area (Å²) in [5.74, 6) is 2.79. The van der Waals surface area contributed by atoms with E-state index in [2.05, 4.69) is 9.88 Å². The van der Waals surface area contributed by atoms with Crippen molar-refractivity contribution < 1.29 is 18.9 Å². The third kappa shape index (κ3) is 5.00. The Bertz CT molecular complexity index is 1290. The molecule has 176 valence electrons. The van der Waals surface area contributed by atoms with Crippen molar-refractivity contribution in [1.29, 1.82) is 0 Å². The number of morpholine rings is 1. The number of pyridine rings is 1. The van der Waals surface area contributed by atoms with Gasteiger partial charge in [0.05, 0.1) is 32.4 Å². The molecular formula is C27H29N3O4. The number of hydrogen-bond donors (Lipinski definition) is 1. The third-order valence-electron chi connectivity index (χ3n) is 6.03. The fourth-order valence-corrected chi connectivity index (χ4v) is 4.22. The van der Waals surface area contributed by atoms with Gasteiger partial charge in [-0.1, -0.05) is 12.1 Å². The predicted molar refractivity (Wildman–Crippen MR) is 134 cm³/mol. The molecule has 1 aromatic heterocycles. The lowest BCUT2D eigenvalue weighted by atomic mass is 10.1. The molecule has 7 heteroatoms. The minimum absolute atomic E-state index is 0.608. The summed E-state index contributed by atoms with van der Waals surface area (Å²) < 4.78 is 23.4. The van der Waals surface area contributed by atoms with Gasteiger partial charge >= 0.3 is 0 Å². The molecule has 0 bridgehead atoms. The van der Waals surface area contributed by atoms with Gasteiger partial charge in [0.25, 0.3) is 0 Å². The van der Waals surface area contributed by atoms with Crippen molar-refractivity contribution in [2.24, 2.45) is 0 Å². The van der Waals surface area contributed by atoms with Crippen LogP contribution in [0.3, 0.4) is 0 Å². The van der Waals surface area contributed by atoms with Crippen LogP contribution in [0.1, 0.15) is 6.42 Å². The number of methoxy groups -OCH3 is 1. The second-order valence-electron chi connectivity index (χ2n) is 8.36. The summed E-state index contributed by atoms with van der Waals surface area (Å²) in [6.07, 6.45) is 2.68. The number of benzene rings is 3. The van der Waals surface area contributed by atoms with E-state index in [0.717, 1.165) is 72.4 Å². The minimum Gasteiger partial charge on any atom is -0.493 e. The average Bonchev–Trinajstić information content (AvgIpc) is 2.87. The number of nitrogen functional groups attached to an aromatic ring is 1. The van der Waals surface area contributed by atoms with Crippen molar-refractivity contribution in [3.8, 4) is 23.0 Å². The van der Waals surface area contributed by atoms with Gasteiger partial charge < -0.3 is 24.7 Å². The molecule has 3 aromatic carbocycles. The van der Waals surface area contributed by atoms with Gasteiger partial charge in [0.2, 0.25) is 0 Å². The van der Waals surface area contributed by atoms with Crippen LogP contribution in [-0.4, -0.2) is 56.4 Å². The zero-order valence-corrected chi connectivity index (χ0v) is 19.3. The van der Waals surface area contributed by atoms with E-state index < -0.39 is 0 Å². The van der Waals surface area contributed by atoms with Gasteiger partial charge in [-0.2, -0.15) is 0 Å². The number of ether oxygens (including phenoxy) is 4. The van der Waals surface area contributed by atoms with Crippen LogP contribution in [0.15, 0.2) is 60.8 Å². The summed E-state index contributed by atoms with van der Waals surface area (Å²) in [5, 5.41) is 3.00. The number of aromatic nitrogens is 1. The quantitative estimate of drug-likeness (QED) is 0.297. The molecule has 0 aliphatic carbocycles. The van der Waals surface area contributed by atoms with Crippen molar-refractivity contribution >= 4 is 27.4 Å². The summed E-state index contributed by atoms with van der Waals surface area (Å²) >= 11 is 0. The lowest BCUT2D eigenvalue weighted by Gasteiger charge is -2.26. The van der Waals surface area contributed by atoms with Gasteiger partial charge in [0, 0.05) is 43.0 Å². The molecule has 34 heavy (non-hydrogen) atoms. The molecule has 0 radical (unpaired) electrons. The molecule has 0 atom stereocenters. The highest BCUT2D eigenvalue weighted by Crippen LogP contribution is 2.37.